The Balaban J connectivity index is 1.75. The highest BCUT2D eigenvalue weighted by Gasteiger charge is 2.11. The van der Waals surface area contributed by atoms with Gasteiger partial charge >= 0.3 is 5.97 Å². The average Bonchev–Trinajstić information content (AvgIpc) is 2.64. The third kappa shape index (κ3) is 5.23. The fourth-order valence-corrected chi connectivity index (χ4v) is 2.31. The third-order valence-corrected chi connectivity index (χ3v) is 3.91. The molecule has 0 saturated heterocycles. The maximum atomic E-state index is 11.9. The van der Waals surface area contributed by atoms with Gasteiger partial charge in [-0.2, -0.15) is 0 Å². The van der Waals surface area contributed by atoms with Gasteiger partial charge in [0.05, 0.1) is 5.56 Å². The molecule has 1 amide bonds. The highest BCUT2D eigenvalue weighted by atomic mass is 16.5. The second-order valence-corrected chi connectivity index (χ2v) is 5.74. The number of benzene rings is 2. The van der Waals surface area contributed by atoms with E-state index in [2.05, 4.69) is 5.32 Å². The molecule has 1 N–H and O–H groups in total. The van der Waals surface area contributed by atoms with Gasteiger partial charge in [-0.25, -0.2) is 4.79 Å². The molecule has 126 valence electrons. The summed E-state index contributed by atoms with van der Waals surface area (Å²) in [5.41, 5.74) is 2.77. The lowest BCUT2D eigenvalue weighted by Gasteiger charge is -2.13. The SMILES string of the molecule is CCc1ccc(C(=O)OCC(=O)NC[C@H](C)c2ccccc2)cc1. The van der Waals surface area contributed by atoms with Crippen molar-refractivity contribution in [1.82, 2.24) is 5.32 Å². The number of hydrogen-bond donors (Lipinski definition) is 1. The van der Waals surface area contributed by atoms with Crippen molar-refractivity contribution in [3.63, 3.8) is 0 Å². The lowest BCUT2D eigenvalue weighted by atomic mass is 10.0. The third-order valence-electron chi connectivity index (χ3n) is 3.91. The molecule has 0 radical (unpaired) electrons. The fourth-order valence-electron chi connectivity index (χ4n) is 2.31. The first-order valence-electron chi connectivity index (χ1n) is 8.18. The van der Waals surface area contributed by atoms with Crippen molar-refractivity contribution < 1.29 is 14.3 Å². The normalized spacial score (nSPS) is 11.6. The number of hydrogen-bond acceptors (Lipinski definition) is 3. The van der Waals surface area contributed by atoms with Gasteiger partial charge in [0.15, 0.2) is 6.61 Å². The first-order valence-corrected chi connectivity index (χ1v) is 8.18. The summed E-state index contributed by atoms with van der Waals surface area (Å²) >= 11 is 0. The van der Waals surface area contributed by atoms with Gasteiger partial charge in [-0.05, 0) is 35.6 Å². The molecule has 2 rings (SSSR count). The van der Waals surface area contributed by atoms with Crippen molar-refractivity contribution >= 4 is 11.9 Å². The van der Waals surface area contributed by atoms with Gasteiger partial charge in [0.2, 0.25) is 0 Å². The number of carbonyl (C=O) groups is 2. The highest BCUT2D eigenvalue weighted by molar-refractivity contribution is 5.91. The molecule has 4 nitrogen and oxygen atoms in total. The summed E-state index contributed by atoms with van der Waals surface area (Å²) in [5.74, 6) is -0.576. The Bertz CT molecular complexity index is 665. The van der Waals surface area contributed by atoms with Crippen molar-refractivity contribution in [2.24, 2.45) is 0 Å². The Morgan fingerprint density at radius 2 is 1.71 bits per heavy atom. The summed E-state index contributed by atoms with van der Waals surface area (Å²) in [4.78, 5) is 23.7. The molecule has 0 aromatic heterocycles. The van der Waals surface area contributed by atoms with E-state index >= 15 is 0 Å². The first-order chi connectivity index (χ1) is 11.6. The number of esters is 1. The van der Waals surface area contributed by atoms with Gasteiger partial charge in [0, 0.05) is 6.54 Å². The Kier molecular flexibility index (Phi) is 6.55. The molecule has 0 saturated carbocycles. The van der Waals surface area contributed by atoms with Crippen molar-refractivity contribution in [1.29, 1.82) is 0 Å². The minimum absolute atomic E-state index is 0.201. The topological polar surface area (TPSA) is 55.4 Å². The van der Waals surface area contributed by atoms with Crippen LogP contribution in [0.25, 0.3) is 0 Å². The Morgan fingerprint density at radius 1 is 1.04 bits per heavy atom. The monoisotopic (exact) mass is 325 g/mol. The van der Waals surface area contributed by atoms with Crippen LogP contribution in [0, 0.1) is 0 Å². The van der Waals surface area contributed by atoms with Gasteiger partial charge < -0.3 is 10.1 Å². The number of aryl methyl sites for hydroxylation is 1. The van der Waals surface area contributed by atoms with Crippen molar-refractivity contribution in [3.05, 3.63) is 71.3 Å². The fraction of sp³-hybridized carbons (Fsp3) is 0.300. The second kappa shape index (κ2) is 8.87. The van der Waals surface area contributed by atoms with Gasteiger partial charge in [0.25, 0.3) is 5.91 Å². The van der Waals surface area contributed by atoms with Crippen LogP contribution in [0.4, 0.5) is 0 Å². The first kappa shape index (κ1) is 17.7. The van der Waals surface area contributed by atoms with Crippen LogP contribution in [-0.4, -0.2) is 25.0 Å². The molecule has 0 aliphatic carbocycles. The lowest BCUT2D eigenvalue weighted by Crippen LogP contribution is -2.31. The van der Waals surface area contributed by atoms with E-state index in [0.717, 1.165) is 17.5 Å². The molecule has 0 bridgehead atoms. The number of rotatable bonds is 7. The van der Waals surface area contributed by atoms with Crippen LogP contribution >= 0.6 is 0 Å². The summed E-state index contributed by atoms with van der Waals surface area (Å²) in [6, 6.07) is 17.2. The van der Waals surface area contributed by atoms with Gasteiger partial charge in [-0.1, -0.05) is 56.3 Å². The van der Waals surface area contributed by atoms with E-state index in [0.29, 0.717) is 12.1 Å². The molecular weight excluding hydrogens is 302 g/mol. The van der Waals surface area contributed by atoms with Gasteiger partial charge in [-0.15, -0.1) is 0 Å². The van der Waals surface area contributed by atoms with E-state index in [1.807, 2.05) is 56.3 Å². The number of amides is 1. The zero-order chi connectivity index (χ0) is 17.4. The number of carbonyl (C=O) groups excluding carboxylic acids is 2. The molecule has 24 heavy (non-hydrogen) atoms. The number of nitrogens with one attached hydrogen (secondary N) is 1. The maximum absolute atomic E-state index is 11.9. The van der Waals surface area contributed by atoms with E-state index in [1.54, 1.807) is 12.1 Å². The predicted octanol–water partition coefficient (Wildman–Crippen LogP) is 3.33. The molecule has 2 aromatic carbocycles. The molecule has 1 atom stereocenters. The molecule has 0 heterocycles. The predicted molar refractivity (Wildman–Crippen MR) is 94.0 cm³/mol. The second-order valence-electron chi connectivity index (χ2n) is 5.74. The Morgan fingerprint density at radius 3 is 2.33 bits per heavy atom. The standard InChI is InChI=1S/C20H23NO3/c1-3-16-9-11-18(12-10-16)20(23)24-14-19(22)21-13-15(2)17-7-5-4-6-8-17/h4-12,15H,3,13-14H2,1-2H3,(H,21,22)/t15-/m0/s1. The van der Waals surface area contributed by atoms with Crippen LogP contribution in [0.3, 0.4) is 0 Å². The van der Waals surface area contributed by atoms with Crippen LogP contribution in [0.1, 0.15) is 41.3 Å². The minimum atomic E-state index is -0.482. The Hall–Kier alpha value is -2.62. The van der Waals surface area contributed by atoms with E-state index < -0.39 is 5.97 Å². The van der Waals surface area contributed by atoms with E-state index in [4.69, 9.17) is 4.74 Å². The zero-order valence-corrected chi connectivity index (χ0v) is 14.1. The van der Waals surface area contributed by atoms with Crippen molar-refractivity contribution in [3.8, 4) is 0 Å². The summed E-state index contributed by atoms with van der Waals surface area (Å²) in [6.45, 7) is 4.33. The smallest absolute Gasteiger partial charge is 0.338 e. The lowest BCUT2D eigenvalue weighted by molar-refractivity contribution is -0.124. The van der Waals surface area contributed by atoms with Crippen LogP contribution in [0.5, 0.6) is 0 Å². The molecular formula is C20H23NO3. The molecule has 0 aliphatic rings. The van der Waals surface area contributed by atoms with Crippen LogP contribution in [0.15, 0.2) is 54.6 Å². The van der Waals surface area contributed by atoms with E-state index in [-0.39, 0.29) is 18.4 Å². The number of ether oxygens (including phenoxy) is 1. The van der Waals surface area contributed by atoms with E-state index in [9.17, 15) is 9.59 Å². The summed E-state index contributed by atoms with van der Waals surface area (Å²) in [6.07, 6.45) is 0.914. The summed E-state index contributed by atoms with van der Waals surface area (Å²) < 4.78 is 5.05. The van der Waals surface area contributed by atoms with Crippen LogP contribution < -0.4 is 5.32 Å². The molecule has 0 aliphatic heterocycles. The van der Waals surface area contributed by atoms with Gasteiger partial charge in [0.1, 0.15) is 0 Å². The van der Waals surface area contributed by atoms with Crippen LogP contribution in [0.2, 0.25) is 0 Å². The average molecular weight is 325 g/mol. The molecule has 0 fully saturated rings. The molecule has 0 spiro atoms. The Labute approximate surface area is 142 Å². The quantitative estimate of drug-likeness (QED) is 0.795. The summed E-state index contributed by atoms with van der Waals surface area (Å²) in [7, 11) is 0. The van der Waals surface area contributed by atoms with Crippen molar-refractivity contribution in [2.75, 3.05) is 13.2 Å². The maximum Gasteiger partial charge on any atom is 0.338 e. The minimum Gasteiger partial charge on any atom is -0.452 e. The molecule has 2 aromatic rings. The molecule has 0 unspecified atom stereocenters. The van der Waals surface area contributed by atoms with Crippen molar-refractivity contribution in [2.45, 2.75) is 26.2 Å². The molecule has 4 heteroatoms. The zero-order valence-electron chi connectivity index (χ0n) is 14.1. The van der Waals surface area contributed by atoms with Gasteiger partial charge in [-0.3, -0.25) is 4.79 Å². The largest absolute Gasteiger partial charge is 0.452 e. The van der Waals surface area contributed by atoms with E-state index in [1.165, 1.54) is 0 Å². The highest BCUT2D eigenvalue weighted by Crippen LogP contribution is 2.13. The van der Waals surface area contributed by atoms with Crippen LogP contribution in [-0.2, 0) is 16.0 Å². The summed E-state index contributed by atoms with van der Waals surface area (Å²) in [5, 5.41) is 2.79.